The van der Waals surface area contributed by atoms with E-state index in [4.69, 9.17) is 0 Å². The summed E-state index contributed by atoms with van der Waals surface area (Å²) in [4.78, 5) is 23.7. The number of hydrogen-bond acceptors (Lipinski definition) is 3. The molecule has 6 nitrogen and oxygen atoms in total. The molecule has 104 valence electrons. The van der Waals surface area contributed by atoms with Crippen LogP contribution in [0.2, 0.25) is 0 Å². The Morgan fingerprint density at radius 3 is 2.79 bits per heavy atom. The zero-order chi connectivity index (χ0) is 13.9. The Morgan fingerprint density at radius 1 is 1.47 bits per heavy atom. The summed E-state index contributed by atoms with van der Waals surface area (Å²) in [5, 5.41) is 14.8. The van der Waals surface area contributed by atoms with Crippen molar-refractivity contribution in [3.8, 4) is 0 Å². The van der Waals surface area contributed by atoms with E-state index in [-0.39, 0.29) is 17.9 Å². The molecule has 0 aliphatic heterocycles. The number of anilines is 1. The van der Waals surface area contributed by atoms with Gasteiger partial charge in [0.1, 0.15) is 5.69 Å². The minimum absolute atomic E-state index is 0.0762. The summed E-state index contributed by atoms with van der Waals surface area (Å²) >= 11 is 0. The summed E-state index contributed by atoms with van der Waals surface area (Å²) in [5.41, 5.74) is -0.569. The van der Waals surface area contributed by atoms with E-state index in [1.807, 2.05) is 0 Å². The lowest BCUT2D eigenvalue weighted by molar-refractivity contribution is 0.167. The highest BCUT2D eigenvalue weighted by Gasteiger charge is 2.34. The molecule has 0 spiro atoms. The number of aliphatic hydroxyl groups is 1. The Morgan fingerprint density at radius 2 is 2.16 bits per heavy atom. The fraction of sp³-hybridized carbons (Fsp3) is 0.538. The lowest BCUT2D eigenvalue weighted by Crippen LogP contribution is -2.51. The molecule has 1 heterocycles. The summed E-state index contributed by atoms with van der Waals surface area (Å²) in [6.07, 6.45) is 5.15. The average molecular weight is 265 g/mol. The third-order valence-electron chi connectivity index (χ3n) is 3.61. The smallest absolute Gasteiger partial charge is 0.319 e. The number of pyridine rings is 1. The monoisotopic (exact) mass is 265 g/mol. The Kier molecular flexibility index (Phi) is 3.90. The first-order chi connectivity index (χ1) is 9.06. The third kappa shape index (κ3) is 2.96. The van der Waals surface area contributed by atoms with Crippen molar-refractivity contribution in [2.24, 2.45) is 7.05 Å². The van der Waals surface area contributed by atoms with Crippen molar-refractivity contribution in [1.29, 1.82) is 0 Å². The number of carbonyl (C=O) groups excluding carboxylic acids is 1. The van der Waals surface area contributed by atoms with Gasteiger partial charge in [0.2, 0.25) is 0 Å². The topological polar surface area (TPSA) is 83.4 Å². The van der Waals surface area contributed by atoms with E-state index in [2.05, 4.69) is 10.6 Å². The van der Waals surface area contributed by atoms with Crippen LogP contribution in [0.1, 0.15) is 25.7 Å². The number of hydrogen-bond donors (Lipinski definition) is 3. The standard InChI is InChI=1S/C13H19N3O3/c1-16-8-4-5-10(11(16)18)14-12(19)15-13(9-17)6-2-3-7-13/h4-5,8,17H,2-3,6-7,9H2,1H3,(H2,14,15,19). The van der Waals surface area contributed by atoms with Crippen LogP contribution in [0.25, 0.3) is 0 Å². The summed E-state index contributed by atoms with van der Waals surface area (Å²) in [7, 11) is 1.62. The summed E-state index contributed by atoms with van der Waals surface area (Å²) < 4.78 is 1.40. The average Bonchev–Trinajstić information content (AvgIpc) is 2.84. The summed E-state index contributed by atoms with van der Waals surface area (Å²) in [6.45, 7) is -0.0762. The number of rotatable bonds is 3. The first kappa shape index (κ1) is 13.6. The highest BCUT2D eigenvalue weighted by Crippen LogP contribution is 2.29. The molecule has 2 amide bonds. The molecule has 1 fully saturated rings. The van der Waals surface area contributed by atoms with Gasteiger partial charge in [-0.25, -0.2) is 4.79 Å². The van der Waals surface area contributed by atoms with Crippen molar-refractivity contribution < 1.29 is 9.90 Å². The molecule has 1 aliphatic rings. The van der Waals surface area contributed by atoms with Crippen molar-refractivity contribution in [1.82, 2.24) is 9.88 Å². The van der Waals surface area contributed by atoms with Crippen molar-refractivity contribution in [3.63, 3.8) is 0 Å². The molecule has 0 unspecified atom stereocenters. The van der Waals surface area contributed by atoms with Crippen LogP contribution in [0.4, 0.5) is 10.5 Å². The van der Waals surface area contributed by atoms with Crippen molar-refractivity contribution >= 4 is 11.7 Å². The number of nitrogens with one attached hydrogen (secondary N) is 2. The number of amides is 2. The summed E-state index contributed by atoms with van der Waals surface area (Å²) in [5.74, 6) is 0. The molecule has 0 bridgehead atoms. The van der Waals surface area contributed by atoms with Gasteiger partial charge in [-0.2, -0.15) is 0 Å². The molecule has 6 heteroatoms. The molecular formula is C13H19N3O3. The molecule has 2 rings (SSSR count). The molecule has 1 saturated carbocycles. The van der Waals surface area contributed by atoms with Crippen molar-refractivity contribution in [3.05, 3.63) is 28.7 Å². The van der Waals surface area contributed by atoms with Crippen LogP contribution in [0.3, 0.4) is 0 Å². The Hall–Kier alpha value is -1.82. The number of nitrogens with zero attached hydrogens (tertiary/aromatic N) is 1. The van der Waals surface area contributed by atoms with Crippen molar-refractivity contribution in [2.75, 3.05) is 11.9 Å². The van der Waals surface area contributed by atoms with Crippen LogP contribution in [0.15, 0.2) is 23.1 Å². The number of urea groups is 1. The largest absolute Gasteiger partial charge is 0.394 e. The Balaban J connectivity index is 2.05. The molecule has 3 N–H and O–H groups in total. The molecule has 0 radical (unpaired) electrons. The molecule has 1 aromatic rings. The highest BCUT2D eigenvalue weighted by molar-refractivity contribution is 5.89. The molecule has 0 atom stereocenters. The van der Waals surface area contributed by atoms with Gasteiger partial charge in [-0.1, -0.05) is 12.8 Å². The molecule has 19 heavy (non-hydrogen) atoms. The molecule has 0 saturated heterocycles. The van der Waals surface area contributed by atoms with Crippen LogP contribution in [0, 0.1) is 0 Å². The third-order valence-corrected chi connectivity index (χ3v) is 3.61. The first-order valence-electron chi connectivity index (χ1n) is 6.42. The predicted octanol–water partition coefficient (Wildman–Crippen LogP) is 0.812. The van der Waals surface area contributed by atoms with Crippen LogP contribution < -0.4 is 16.2 Å². The number of aryl methyl sites for hydroxylation is 1. The molecule has 1 aromatic heterocycles. The van der Waals surface area contributed by atoms with Gasteiger partial charge in [0, 0.05) is 13.2 Å². The van der Waals surface area contributed by atoms with E-state index in [1.165, 1.54) is 4.57 Å². The lowest BCUT2D eigenvalue weighted by Gasteiger charge is -2.27. The van der Waals surface area contributed by atoms with E-state index in [1.54, 1.807) is 25.4 Å². The van der Waals surface area contributed by atoms with Crippen LogP contribution in [-0.2, 0) is 7.05 Å². The second-order valence-corrected chi connectivity index (χ2v) is 5.06. The van der Waals surface area contributed by atoms with Gasteiger partial charge < -0.3 is 20.3 Å². The number of aliphatic hydroxyl groups excluding tert-OH is 1. The second kappa shape index (κ2) is 5.44. The molecular weight excluding hydrogens is 246 g/mol. The lowest BCUT2D eigenvalue weighted by atomic mass is 9.99. The fourth-order valence-corrected chi connectivity index (χ4v) is 2.46. The predicted molar refractivity (Wildman–Crippen MR) is 72.1 cm³/mol. The van der Waals surface area contributed by atoms with Crippen LogP contribution in [-0.4, -0.2) is 27.9 Å². The maximum Gasteiger partial charge on any atom is 0.319 e. The minimum atomic E-state index is -0.538. The maximum absolute atomic E-state index is 11.9. The van der Waals surface area contributed by atoms with E-state index in [0.29, 0.717) is 0 Å². The van der Waals surface area contributed by atoms with E-state index in [0.717, 1.165) is 25.7 Å². The zero-order valence-corrected chi connectivity index (χ0v) is 11.0. The maximum atomic E-state index is 11.9. The molecule has 1 aliphatic carbocycles. The van der Waals surface area contributed by atoms with E-state index < -0.39 is 11.6 Å². The van der Waals surface area contributed by atoms with Crippen molar-refractivity contribution in [2.45, 2.75) is 31.2 Å². The van der Waals surface area contributed by atoms with Gasteiger partial charge in [-0.3, -0.25) is 4.79 Å². The highest BCUT2D eigenvalue weighted by atomic mass is 16.3. The summed E-state index contributed by atoms with van der Waals surface area (Å²) in [6, 6.07) is 2.80. The number of carbonyl (C=O) groups is 1. The van der Waals surface area contributed by atoms with Gasteiger partial charge in [0.25, 0.3) is 5.56 Å². The second-order valence-electron chi connectivity index (χ2n) is 5.06. The minimum Gasteiger partial charge on any atom is -0.394 e. The fourth-order valence-electron chi connectivity index (χ4n) is 2.46. The van der Waals surface area contributed by atoms with Gasteiger partial charge >= 0.3 is 6.03 Å². The van der Waals surface area contributed by atoms with Crippen LogP contribution >= 0.6 is 0 Å². The van der Waals surface area contributed by atoms with Crippen LogP contribution in [0.5, 0.6) is 0 Å². The first-order valence-corrected chi connectivity index (χ1v) is 6.42. The van der Waals surface area contributed by atoms with Gasteiger partial charge in [-0.05, 0) is 25.0 Å². The zero-order valence-electron chi connectivity index (χ0n) is 11.0. The van der Waals surface area contributed by atoms with E-state index >= 15 is 0 Å². The normalized spacial score (nSPS) is 17.2. The quantitative estimate of drug-likeness (QED) is 0.756. The number of aromatic nitrogens is 1. The molecule has 0 aromatic carbocycles. The van der Waals surface area contributed by atoms with Gasteiger partial charge in [0.05, 0.1) is 12.1 Å². The SMILES string of the molecule is Cn1cccc(NC(=O)NC2(CO)CCCC2)c1=O. The Bertz CT molecular complexity index is 518. The van der Waals surface area contributed by atoms with E-state index in [9.17, 15) is 14.7 Å². The Labute approximate surface area is 111 Å². The van der Waals surface area contributed by atoms with Gasteiger partial charge in [0.15, 0.2) is 0 Å². The van der Waals surface area contributed by atoms with Gasteiger partial charge in [-0.15, -0.1) is 0 Å².